The molecule has 0 saturated heterocycles. The van der Waals surface area contributed by atoms with Crippen LogP contribution in [0.3, 0.4) is 0 Å². The Hall–Kier alpha value is -4.68. The Morgan fingerprint density at radius 2 is 1.17 bits per heavy atom. The van der Waals surface area contributed by atoms with Gasteiger partial charge in [0.15, 0.2) is 0 Å². The van der Waals surface area contributed by atoms with Crippen LogP contribution in [0.2, 0.25) is 0 Å². The number of amides is 1. The van der Waals surface area contributed by atoms with Crippen LogP contribution in [0.4, 0.5) is 4.79 Å². The van der Waals surface area contributed by atoms with Crippen molar-refractivity contribution in [2.24, 2.45) is 0 Å². The van der Waals surface area contributed by atoms with E-state index in [1.54, 1.807) is 24.3 Å². The van der Waals surface area contributed by atoms with Crippen LogP contribution in [-0.4, -0.2) is 51.5 Å². The molecule has 0 radical (unpaired) electrons. The first-order valence-electron chi connectivity index (χ1n) is 13.1. The highest BCUT2D eigenvalue weighted by molar-refractivity contribution is 5.87. The number of carbonyl (C=O) groups excluding carboxylic acids is 3. The Kier molecular flexibility index (Phi) is 13.0. The fourth-order valence-electron chi connectivity index (χ4n) is 3.53. The van der Waals surface area contributed by atoms with Crippen molar-refractivity contribution in [3.63, 3.8) is 0 Å². The second-order valence-corrected chi connectivity index (χ2v) is 9.18. The molecule has 0 bridgehead atoms. The minimum absolute atomic E-state index is 0.0263. The lowest BCUT2D eigenvalue weighted by Gasteiger charge is -2.14. The maximum absolute atomic E-state index is 13.0. The molecule has 1 heterocycles. The summed E-state index contributed by atoms with van der Waals surface area (Å²) in [5, 5.41) is 2.66. The van der Waals surface area contributed by atoms with Crippen molar-refractivity contribution in [3.8, 4) is 5.75 Å². The quantitative estimate of drug-likeness (QED) is 0.180. The molecule has 222 valence electrons. The van der Waals surface area contributed by atoms with Gasteiger partial charge in [0.2, 0.25) is 0 Å². The predicted molar refractivity (Wildman–Crippen MR) is 150 cm³/mol. The molecule has 13 nitrogen and oxygen atoms in total. The molecule has 1 amide bonds. The standard InChI is InChI=1S/C28H36N4O9/c1-20(2)23(33)39-18-16-31-26(36)30(27(37)32(28(31)38)17-19-40-24(34)21(3)4)15-11-6-5-10-14-29-25(35)41-22-12-8-7-9-13-22/h7-9,12-13H,1,3,5-6,10-11,14-19H2,2,4H3,(H,29,35). The first-order valence-corrected chi connectivity index (χ1v) is 13.1. The minimum atomic E-state index is -0.914. The number of hydrogen-bond donors (Lipinski definition) is 1. The average Bonchev–Trinajstić information content (AvgIpc) is 2.93. The van der Waals surface area contributed by atoms with Crippen molar-refractivity contribution < 1.29 is 28.6 Å². The van der Waals surface area contributed by atoms with Gasteiger partial charge in [-0.25, -0.2) is 42.5 Å². The molecule has 1 N–H and O–H groups in total. The number of para-hydroxylation sites is 1. The van der Waals surface area contributed by atoms with Crippen LogP contribution in [0.1, 0.15) is 39.5 Å². The van der Waals surface area contributed by atoms with E-state index in [1.807, 2.05) is 6.07 Å². The number of esters is 2. The molecule has 2 aromatic rings. The Morgan fingerprint density at radius 1 is 0.707 bits per heavy atom. The highest BCUT2D eigenvalue weighted by Gasteiger charge is 2.17. The Morgan fingerprint density at radius 3 is 1.66 bits per heavy atom. The lowest BCUT2D eigenvalue weighted by Crippen LogP contribution is -2.55. The van der Waals surface area contributed by atoms with Crippen molar-refractivity contribution in [1.29, 1.82) is 0 Å². The zero-order valence-corrected chi connectivity index (χ0v) is 23.4. The van der Waals surface area contributed by atoms with E-state index in [2.05, 4.69) is 18.5 Å². The van der Waals surface area contributed by atoms with Crippen molar-refractivity contribution in [3.05, 3.63) is 86.1 Å². The van der Waals surface area contributed by atoms with Gasteiger partial charge in [-0.1, -0.05) is 44.2 Å². The van der Waals surface area contributed by atoms with E-state index in [-0.39, 0.29) is 44.0 Å². The van der Waals surface area contributed by atoms with Gasteiger partial charge in [0.05, 0.1) is 13.1 Å². The van der Waals surface area contributed by atoms with Crippen LogP contribution >= 0.6 is 0 Å². The molecule has 13 heteroatoms. The van der Waals surface area contributed by atoms with Crippen LogP contribution in [0.25, 0.3) is 0 Å². The summed E-state index contributed by atoms with van der Waals surface area (Å²) < 4.78 is 17.7. The number of hydrogen-bond acceptors (Lipinski definition) is 9. The van der Waals surface area contributed by atoms with E-state index < -0.39 is 35.1 Å². The molecular weight excluding hydrogens is 536 g/mol. The van der Waals surface area contributed by atoms with Crippen LogP contribution in [0.15, 0.2) is 69.0 Å². The van der Waals surface area contributed by atoms with Gasteiger partial charge in [0, 0.05) is 24.2 Å². The number of nitrogens with zero attached hydrogens (tertiary/aromatic N) is 3. The van der Waals surface area contributed by atoms with E-state index in [9.17, 15) is 28.8 Å². The third-order valence-electron chi connectivity index (χ3n) is 5.71. The average molecular weight is 573 g/mol. The third-order valence-corrected chi connectivity index (χ3v) is 5.71. The SMILES string of the molecule is C=C(C)C(=O)OCCn1c(=O)n(CCCCCCNC(=O)Oc2ccccc2)c(=O)n(CCOC(=O)C(=C)C)c1=O. The summed E-state index contributed by atoms with van der Waals surface area (Å²) in [4.78, 5) is 74.2. The van der Waals surface area contributed by atoms with Crippen LogP contribution in [-0.2, 0) is 38.7 Å². The number of unbranched alkanes of at least 4 members (excludes halogenated alkanes) is 3. The van der Waals surface area contributed by atoms with Crippen molar-refractivity contribution >= 4 is 18.0 Å². The summed E-state index contributed by atoms with van der Waals surface area (Å²) >= 11 is 0. The highest BCUT2D eigenvalue weighted by Crippen LogP contribution is 2.08. The number of rotatable bonds is 16. The van der Waals surface area contributed by atoms with E-state index in [4.69, 9.17) is 14.2 Å². The van der Waals surface area contributed by atoms with Crippen molar-refractivity contribution in [1.82, 2.24) is 19.0 Å². The first kappa shape index (κ1) is 32.5. The second-order valence-electron chi connectivity index (χ2n) is 9.18. The molecule has 0 spiro atoms. The summed E-state index contributed by atoms with van der Waals surface area (Å²) in [6, 6.07) is 8.66. The second kappa shape index (κ2) is 16.4. The summed E-state index contributed by atoms with van der Waals surface area (Å²) in [7, 11) is 0. The van der Waals surface area contributed by atoms with Crippen molar-refractivity contribution in [2.75, 3.05) is 19.8 Å². The highest BCUT2D eigenvalue weighted by atomic mass is 16.6. The topological polar surface area (TPSA) is 157 Å². The maximum atomic E-state index is 13.0. The van der Waals surface area contributed by atoms with Gasteiger partial charge in [-0.2, -0.15) is 0 Å². The molecule has 0 unspecified atom stereocenters. The van der Waals surface area contributed by atoms with E-state index in [0.29, 0.717) is 38.0 Å². The molecule has 41 heavy (non-hydrogen) atoms. The summed E-state index contributed by atoms with van der Waals surface area (Å²) in [5.41, 5.74) is -2.29. The van der Waals surface area contributed by atoms with Crippen LogP contribution in [0, 0.1) is 0 Å². The largest absolute Gasteiger partial charge is 0.460 e. The number of aromatic nitrogens is 3. The molecule has 0 saturated carbocycles. The van der Waals surface area contributed by atoms with E-state index in [1.165, 1.54) is 13.8 Å². The Balaban J connectivity index is 2.00. The number of carbonyl (C=O) groups is 3. The van der Waals surface area contributed by atoms with Gasteiger partial charge in [-0.05, 0) is 38.8 Å². The minimum Gasteiger partial charge on any atom is -0.460 e. The first-order chi connectivity index (χ1) is 19.5. The van der Waals surface area contributed by atoms with Gasteiger partial charge in [-0.3, -0.25) is 0 Å². The van der Waals surface area contributed by atoms with Crippen LogP contribution < -0.4 is 27.1 Å². The third kappa shape index (κ3) is 10.4. The van der Waals surface area contributed by atoms with E-state index in [0.717, 1.165) is 13.7 Å². The molecule has 0 fully saturated rings. The lowest BCUT2D eigenvalue weighted by atomic mass is 10.2. The zero-order chi connectivity index (χ0) is 30.4. The smallest absolute Gasteiger partial charge is 0.412 e. The molecule has 2 rings (SSSR count). The fourth-order valence-corrected chi connectivity index (χ4v) is 3.53. The number of ether oxygens (including phenoxy) is 3. The van der Waals surface area contributed by atoms with Gasteiger partial charge >= 0.3 is 35.1 Å². The summed E-state index contributed by atoms with van der Waals surface area (Å²) in [6.45, 7) is 9.13. The van der Waals surface area contributed by atoms with Gasteiger partial charge in [0.25, 0.3) is 0 Å². The van der Waals surface area contributed by atoms with Crippen molar-refractivity contribution in [2.45, 2.75) is 59.2 Å². The molecule has 1 aromatic carbocycles. The van der Waals surface area contributed by atoms with Gasteiger partial charge in [0.1, 0.15) is 19.0 Å². The lowest BCUT2D eigenvalue weighted by molar-refractivity contribution is -0.140. The van der Waals surface area contributed by atoms with Gasteiger partial charge in [-0.15, -0.1) is 0 Å². The summed E-state index contributed by atoms with van der Waals surface area (Å²) in [5.74, 6) is -0.923. The molecule has 0 aliphatic rings. The summed E-state index contributed by atoms with van der Waals surface area (Å²) in [6.07, 6.45) is 1.85. The zero-order valence-electron chi connectivity index (χ0n) is 23.4. The monoisotopic (exact) mass is 572 g/mol. The predicted octanol–water partition coefficient (Wildman–Crippen LogP) is 1.76. The van der Waals surface area contributed by atoms with E-state index >= 15 is 0 Å². The number of benzene rings is 1. The molecule has 0 atom stereocenters. The Bertz CT molecular complexity index is 1350. The molecule has 1 aromatic heterocycles. The molecule has 0 aliphatic heterocycles. The molecule has 0 aliphatic carbocycles. The van der Waals surface area contributed by atoms with Crippen LogP contribution in [0.5, 0.6) is 5.75 Å². The fraction of sp³-hybridized carbons (Fsp3) is 0.429. The Labute approximate surface area is 236 Å². The number of nitrogens with one attached hydrogen (secondary N) is 1. The van der Waals surface area contributed by atoms with Gasteiger partial charge < -0.3 is 19.5 Å². The maximum Gasteiger partial charge on any atom is 0.412 e. The normalized spacial score (nSPS) is 10.5. The molecular formula is C28H36N4O9.